The number of hydrogen-bond acceptors (Lipinski definition) is 5. The van der Waals surface area contributed by atoms with Gasteiger partial charge in [0.25, 0.3) is 5.69 Å². The van der Waals surface area contributed by atoms with Gasteiger partial charge in [-0.25, -0.2) is 4.79 Å². The number of thiocarbonyl (C=S) groups is 1. The highest BCUT2D eigenvalue weighted by Gasteiger charge is 2.33. The number of carbonyl (C=O) groups is 1. The summed E-state index contributed by atoms with van der Waals surface area (Å²) in [6, 6.07) is 14.7. The molecule has 1 aliphatic heterocycles. The Hall–Kier alpha value is -3.26. The van der Waals surface area contributed by atoms with E-state index in [0.29, 0.717) is 21.9 Å². The molecule has 1 atom stereocenters. The van der Waals surface area contributed by atoms with E-state index in [2.05, 4.69) is 10.6 Å². The first kappa shape index (κ1) is 18.5. The van der Waals surface area contributed by atoms with Gasteiger partial charge in [0.2, 0.25) is 0 Å². The van der Waals surface area contributed by atoms with Crippen LogP contribution in [-0.2, 0) is 9.53 Å². The molecule has 2 aromatic rings. The summed E-state index contributed by atoms with van der Waals surface area (Å²) < 4.78 is 5.25. The fourth-order valence-corrected chi connectivity index (χ4v) is 3.08. The molecular weight excluding hydrogens is 366 g/mol. The normalized spacial score (nSPS) is 16.3. The van der Waals surface area contributed by atoms with E-state index in [1.54, 1.807) is 19.1 Å². The van der Waals surface area contributed by atoms with Crippen molar-refractivity contribution < 1.29 is 14.5 Å². The van der Waals surface area contributed by atoms with Crippen molar-refractivity contribution in [3.8, 4) is 0 Å². The molecule has 2 N–H and O–H groups in total. The largest absolute Gasteiger partial charge is 0.463 e. The van der Waals surface area contributed by atoms with Crippen LogP contribution in [-0.4, -0.2) is 22.6 Å². The third-order valence-corrected chi connectivity index (χ3v) is 4.29. The molecule has 0 fully saturated rings. The number of esters is 1. The van der Waals surface area contributed by atoms with Gasteiger partial charge in [-0.1, -0.05) is 30.3 Å². The van der Waals surface area contributed by atoms with Gasteiger partial charge >= 0.3 is 5.97 Å². The molecule has 138 valence electrons. The molecule has 1 aliphatic rings. The molecule has 0 aromatic heterocycles. The van der Waals surface area contributed by atoms with E-state index in [4.69, 9.17) is 17.0 Å². The highest BCUT2D eigenvalue weighted by Crippen LogP contribution is 2.32. The number of ether oxygens (including phenoxy) is 1. The van der Waals surface area contributed by atoms with Crippen molar-refractivity contribution in [1.82, 2.24) is 10.6 Å². The maximum absolute atomic E-state index is 12.7. The molecule has 0 unspecified atom stereocenters. The highest BCUT2D eigenvalue weighted by molar-refractivity contribution is 7.80. The van der Waals surface area contributed by atoms with Gasteiger partial charge in [0.1, 0.15) is 0 Å². The lowest BCUT2D eigenvalue weighted by Crippen LogP contribution is -2.45. The third-order valence-electron chi connectivity index (χ3n) is 4.07. The van der Waals surface area contributed by atoms with Gasteiger partial charge in [0.15, 0.2) is 5.11 Å². The lowest BCUT2D eigenvalue weighted by atomic mass is 9.92. The number of non-ortho nitro benzene ring substituents is 1. The Morgan fingerprint density at radius 3 is 2.44 bits per heavy atom. The molecule has 0 saturated carbocycles. The molecule has 27 heavy (non-hydrogen) atoms. The van der Waals surface area contributed by atoms with Crippen molar-refractivity contribution in [1.29, 1.82) is 0 Å². The minimum absolute atomic E-state index is 0.0276. The Balaban J connectivity index is 2.13. The molecular formula is C19H17N3O4S. The summed E-state index contributed by atoms with van der Waals surface area (Å²) in [6.45, 7) is 1.96. The monoisotopic (exact) mass is 383 g/mol. The molecule has 7 nitrogen and oxygen atoms in total. The van der Waals surface area contributed by atoms with E-state index < -0.39 is 16.9 Å². The number of hydrogen-bond donors (Lipinski definition) is 2. The van der Waals surface area contributed by atoms with Crippen molar-refractivity contribution in [2.75, 3.05) is 6.61 Å². The molecule has 0 saturated heterocycles. The van der Waals surface area contributed by atoms with Crippen LogP contribution in [0.2, 0.25) is 0 Å². The first-order valence-electron chi connectivity index (χ1n) is 8.29. The zero-order valence-corrected chi connectivity index (χ0v) is 15.3. The van der Waals surface area contributed by atoms with E-state index in [-0.39, 0.29) is 12.3 Å². The number of carbonyl (C=O) groups excluding carboxylic acids is 1. The summed E-state index contributed by atoms with van der Waals surface area (Å²) in [4.78, 5) is 23.2. The van der Waals surface area contributed by atoms with Gasteiger partial charge in [0.05, 0.1) is 28.8 Å². The van der Waals surface area contributed by atoms with Crippen LogP contribution < -0.4 is 10.6 Å². The zero-order chi connectivity index (χ0) is 19.4. The van der Waals surface area contributed by atoms with Gasteiger partial charge in [-0.2, -0.15) is 0 Å². The van der Waals surface area contributed by atoms with Crippen LogP contribution in [0.25, 0.3) is 5.70 Å². The van der Waals surface area contributed by atoms with Gasteiger partial charge in [-0.05, 0) is 42.4 Å². The van der Waals surface area contributed by atoms with Crippen LogP contribution in [0.5, 0.6) is 0 Å². The van der Waals surface area contributed by atoms with Crippen LogP contribution >= 0.6 is 12.2 Å². The number of nitro benzene ring substituents is 1. The van der Waals surface area contributed by atoms with Crippen LogP contribution in [0.15, 0.2) is 60.2 Å². The lowest BCUT2D eigenvalue weighted by molar-refractivity contribution is -0.384. The summed E-state index contributed by atoms with van der Waals surface area (Å²) in [5.74, 6) is -0.484. The maximum Gasteiger partial charge on any atom is 0.338 e. The average molecular weight is 383 g/mol. The van der Waals surface area contributed by atoms with Crippen LogP contribution in [0, 0.1) is 10.1 Å². The molecule has 3 rings (SSSR count). The van der Waals surface area contributed by atoms with Gasteiger partial charge < -0.3 is 15.4 Å². The van der Waals surface area contributed by atoms with Crippen molar-refractivity contribution in [2.24, 2.45) is 0 Å². The van der Waals surface area contributed by atoms with Crippen molar-refractivity contribution in [2.45, 2.75) is 13.0 Å². The SMILES string of the molecule is CCOC(=O)C1=C(c2ccccc2)NC(=S)N[C@@H]1c1ccc([N+](=O)[O-])cc1. The highest BCUT2D eigenvalue weighted by atomic mass is 32.1. The number of nitrogens with zero attached hydrogens (tertiary/aromatic N) is 1. The topological polar surface area (TPSA) is 93.5 Å². The Morgan fingerprint density at radius 1 is 1.19 bits per heavy atom. The smallest absolute Gasteiger partial charge is 0.338 e. The van der Waals surface area contributed by atoms with E-state index >= 15 is 0 Å². The molecule has 0 radical (unpaired) electrons. The van der Waals surface area contributed by atoms with Crippen LogP contribution in [0.3, 0.4) is 0 Å². The Bertz CT molecular complexity index is 910. The molecule has 0 aliphatic carbocycles. The fraction of sp³-hybridized carbons (Fsp3) is 0.158. The first-order chi connectivity index (χ1) is 13.0. The van der Waals surface area contributed by atoms with Crippen molar-refractivity contribution in [3.05, 3.63) is 81.4 Å². The molecule has 8 heteroatoms. The Labute approximate surface area is 161 Å². The van der Waals surface area contributed by atoms with Gasteiger partial charge in [0, 0.05) is 12.1 Å². The predicted octanol–water partition coefficient (Wildman–Crippen LogP) is 3.09. The predicted molar refractivity (Wildman–Crippen MR) is 105 cm³/mol. The third kappa shape index (κ3) is 3.95. The summed E-state index contributed by atoms with van der Waals surface area (Å²) in [5.41, 5.74) is 2.35. The number of nitrogens with one attached hydrogen (secondary N) is 2. The van der Waals surface area contributed by atoms with Crippen molar-refractivity contribution in [3.63, 3.8) is 0 Å². The zero-order valence-electron chi connectivity index (χ0n) is 14.5. The van der Waals surface area contributed by atoms with E-state index in [0.717, 1.165) is 5.56 Å². The van der Waals surface area contributed by atoms with Crippen LogP contribution in [0.4, 0.5) is 5.69 Å². The summed E-state index contributed by atoms with van der Waals surface area (Å²) in [5, 5.41) is 17.4. The fourth-order valence-electron chi connectivity index (χ4n) is 2.86. The second-order valence-corrected chi connectivity index (χ2v) is 6.16. The van der Waals surface area contributed by atoms with Crippen molar-refractivity contribution >= 4 is 34.7 Å². The first-order valence-corrected chi connectivity index (χ1v) is 8.70. The van der Waals surface area contributed by atoms with Crippen LogP contribution in [0.1, 0.15) is 24.1 Å². The lowest BCUT2D eigenvalue weighted by Gasteiger charge is -2.31. The summed E-state index contributed by atoms with van der Waals surface area (Å²) >= 11 is 5.31. The minimum Gasteiger partial charge on any atom is -0.463 e. The Kier molecular flexibility index (Phi) is 5.46. The minimum atomic E-state index is -0.589. The number of rotatable bonds is 5. The van der Waals surface area contributed by atoms with Gasteiger partial charge in [-0.15, -0.1) is 0 Å². The summed E-state index contributed by atoms with van der Waals surface area (Å²) in [6.07, 6.45) is 0. The Morgan fingerprint density at radius 2 is 1.85 bits per heavy atom. The van der Waals surface area contributed by atoms with E-state index in [1.165, 1.54) is 12.1 Å². The second kappa shape index (κ2) is 7.96. The van der Waals surface area contributed by atoms with E-state index in [1.807, 2.05) is 30.3 Å². The molecule has 0 spiro atoms. The average Bonchev–Trinajstić information content (AvgIpc) is 2.68. The summed E-state index contributed by atoms with van der Waals surface area (Å²) in [7, 11) is 0. The molecule has 0 amide bonds. The second-order valence-electron chi connectivity index (χ2n) is 5.76. The maximum atomic E-state index is 12.7. The van der Waals surface area contributed by atoms with Gasteiger partial charge in [-0.3, -0.25) is 10.1 Å². The quantitative estimate of drug-likeness (QED) is 0.355. The standard InChI is InChI=1S/C19H17N3O4S/c1-2-26-18(23)15-16(12-6-4-3-5-7-12)20-19(27)21-17(15)13-8-10-14(11-9-13)22(24)25/h3-11,17H,2H2,1H3,(H2,20,21,27)/t17-/m1/s1. The molecule has 0 bridgehead atoms. The number of benzene rings is 2. The molecule has 2 aromatic carbocycles. The number of nitro groups is 1. The van der Waals surface area contributed by atoms with E-state index in [9.17, 15) is 14.9 Å². The molecule has 1 heterocycles.